The summed E-state index contributed by atoms with van der Waals surface area (Å²) in [6.07, 6.45) is 6.68. The van der Waals surface area contributed by atoms with Gasteiger partial charge in [-0.1, -0.05) is 62.4 Å². The van der Waals surface area contributed by atoms with E-state index in [-0.39, 0.29) is 30.6 Å². The Hall–Kier alpha value is -4.67. The number of ether oxygens (including phenoxy) is 1. The van der Waals surface area contributed by atoms with Gasteiger partial charge in [0.2, 0.25) is 17.6 Å². The van der Waals surface area contributed by atoms with Crippen LogP contribution in [0.5, 0.6) is 5.75 Å². The van der Waals surface area contributed by atoms with Crippen molar-refractivity contribution >= 4 is 40.4 Å². The van der Waals surface area contributed by atoms with E-state index in [9.17, 15) is 24.0 Å². The van der Waals surface area contributed by atoms with Crippen LogP contribution in [0.1, 0.15) is 73.9 Å². The molecule has 5 rings (SSSR count). The van der Waals surface area contributed by atoms with Crippen LogP contribution in [-0.2, 0) is 25.7 Å². The van der Waals surface area contributed by atoms with Gasteiger partial charge in [-0.05, 0) is 61.4 Å². The fourth-order valence-corrected chi connectivity index (χ4v) is 6.35. The molecule has 0 spiro atoms. The smallest absolute Gasteiger partial charge is 0.289 e. The first kappa shape index (κ1) is 32.7. The molecule has 46 heavy (non-hydrogen) atoms. The van der Waals surface area contributed by atoms with Gasteiger partial charge in [0.05, 0.1) is 13.2 Å². The second-order valence-corrected chi connectivity index (χ2v) is 12.2. The van der Waals surface area contributed by atoms with Crippen LogP contribution in [0.3, 0.4) is 0 Å². The lowest BCUT2D eigenvalue weighted by molar-refractivity contribution is -0.141. The average molecular weight is 631 g/mol. The summed E-state index contributed by atoms with van der Waals surface area (Å²) in [4.78, 5) is 66.5. The van der Waals surface area contributed by atoms with Gasteiger partial charge in [0, 0.05) is 24.4 Å². The quantitative estimate of drug-likeness (QED) is 0.209. The minimum absolute atomic E-state index is 0.0231. The summed E-state index contributed by atoms with van der Waals surface area (Å²) in [6, 6.07) is 13.7. The Balaban J connectivity index is 1.34. The zero-order valence-corrected chi connectivity index (χ0v) is 26.1. The number of piperidine rings is 1. The lowest BCUT2D eigenvalue weighted by Gasteiger charge is -2.29. The second kappa shape index (κ2) is 15.6. The predicted molar refractivity (Wildman–Crippen MR) is 171 cm³/mol. The summed E-state index contributed by atoms with van der Waals surface area (Å²) in [5.74, 6) is -2.73. The van der Waals surface area contributed by atoms with Crippen molar-refractivity contribution in [2.24, 2.45) is 11.8 Å². The molecule has 2 fully saturated rings. The largest absolute Gasteiger partial charge is 0.497 e. The topological polar surface area (TPSA) is 156 Å². The minimum Gasteiger partial charge on any atom is -0.497 e. The van der Waals surface area contributed by atoms with Crippen LogP contribution < -0.4 is 26.0 Å². The number of rotatable bonds is 13. The zero-order valence-electron chi connectivity index (χ0n) is 26.1. The Morgan fingerprint density at radius 2 is 1.70 bits per heavy atom. The number of Topliss-reactive ketones (excluding diaryl/α,β-unsaturated/α-hetero) is 1. The number of hydrogen-bond acceptors (Lipinski definition) is 7. The highest BCUT2D eigenvalue weighted by Gasteiger charge is 2.36. The van der Waals surface area contributed by atoms with Crippen molar-refractivity contribution in [2.45, 2.75) is 76.4 Å². The molecule has 2 aliphatic rings. The number of hydrogen-bond donors (Lipinski definition) is 4. The molecule has 1 saturated heterocycles. The summed E-state index contributed by atoms with van der Waals surface area (Å²) >= 11 is 0. The van der Waals surface area contributed by atoms with Crippen LogP contribution in [0.4, 0.5) is 0 Å². The Kier molecular flexibility index (Phi) is 11.1. The molecule has 0 unspecified atom stereocenters. The van der Waals surface area contributed by atoms with Crippen molar-refractivity contribution in [3.8, 4) is 5.75 Å². The van der Waals surface area contributed by atoms with Gasteiger partial charge >= 0.3 is 0 Å². The number of carbonyl (C=O) groups excluding carboxylic acids is 5. The summed E-state index contributed by atoms with van der Waals surface area (Å²) in [5.41, 5.74) is 1.31. The highest BCUT2D eigenvalue weighted by atomic mass is 16.5. The summed E-state index contributed by atoms with van der Waals surface area (Å²) in [5, 5.41) is 11.7. The molecular weight excluding hydrogens is 588 g/mol. The number of furan rings is 1. The monoisotopic (exact) mass is 630 g/mol. The molecule has 2 heterocycles. The molecule has 3 aromatic rings. The zero-order chi connectivity index (χ0) is 32.5. The van der Waals surface area contributed by atoms with Gasteiger partial charge in [0.25, 0.3) is 11.8 Å². The van der Waals surface area contributed by atoms with E-state index in [1.54, 1.807) is 31.4 Å². The maximum atomic E-state index is 13.9. The van der Waals surface area contributed by atoms with Crippen LogP contribution in [0.2, 0.25) is 0 Å². The van der Waals surface area contributed by atoms with Gasteiger partial charge in [0.1, 0.15) is 17.4 Å². The van der Waals surface area contributed by atoms with Gasteiger partial charge in [-0.3, -0.25) is 24.0 Å². The predicted octanol–water partition coefficient (Wildman–Crippen LogP) is 3.80. The van der Waals surface area contributed by atoms with E-state index in [0.29, 0.717) is 36.1 Å². The van der Waals surface area contributed by atoms with Gasteiger partial charge in [-0.2, -0.15) is 0 Å². The van der Waals surface area contributed by atoms with Crippen LogP contribution >= 0.6 is 0 Å². The van der Waals surface area contributed by atoms with Crippen molar-refractivity contribution in [1.29, 1.82) is 0 Å². The first-order chi connectivity index (χ1) is 22.3. The van der Waals surface area contributed by atoms with E-state index in [4.69, 9.17) is 9.15 Å². The Labute approximate surface area is 268 Å². The first-order valence-corrected chi connectivity index (χ1v) is 16.1. The number of ketones is 1. The van der Waals surface area contributed by atoms with Crippen LogP contribution in [0, 0.1) is 11.8 Å². The Morgan fingerprint density at radius 3 is 2.43 bits per heavy atom. The van der Waals surface area contributed by atoms with E-state index in [1.807, 2.05) is 30.3 Å². The number of nitrogens with one attached hydrogen (secondary N) is 4. The number of methoxy groups -OCH3 is 1. The Morgan fingerprint density at radius 1 is 0.913 bits per heavy atom. The van der Waals surface area contributed by atoms with Crippen molar-refractivity contribution in [2.75, 3.05) is 13.7 Å². The summed E-state index contributed by atoms with van der Waals surface area (Å²) < 4.78 is 11.0. The van der Waals surface area contributed by atoms with Gasteiger partial charge in [-0.25, -0.2) is 0 Å². The third kappa shape index (κ3) is 8.52. The summed E-state index contributed by atoms with van der Waals surface area (Å²) in [7, 11) is 1.55. The molecular formula is C35H42N4O7. The SMILES string of the molecule is COc1ccc2oc(C(=O)N[C@@H](CC3CCCCC3)C(=O)N[C@@H](C[C@@H]3CCCNC3=O)C(=O)C(=O)NCc3ccccc3)cc2c1. The highest BCUT2D eigenvalue weighted by Crippen LogP contribution is 2.28. The minimum atomic E-state index is -1.25. The van der Waals surface area contributed by atoms with E-state index >= 15 is 0 Å². The van der Waals surface area contributed by atoms with E-state index in [1.165, 1.54) is 0 Å². The molecule has 4 amide bonds. The molecule has 0 radical (unpaired) electrons. The average Bonchev–Trinajstić information content (AvgIpc) is 3.52. The second-order valence-electron chi connectivity index (χ2n) is 12.2. The molecule has 1 aromatic heterocycles. The molecule has 2 aromatic carbocycles. The number of fused-ring (bicyclic) bond motifs is 1. The van der Waals surface area contributed by atoms with Crippen molar-refractivity contribution in [3.63, 3.8) is 0 Å². The van der Waals surface area contributed by atoms with Crippen molar-refractivity contribution in [1.82, 2.24) is 21.3 Å². The maximum Gasteiger partial charge on any atom is 0.289 e. The molecule has 11 heteroatoms. The molecule has 244 valence electrons. The number of benzene rings is 2. The van der Waals surface area contributed by atoms with Gasteiger partial charge in [-0.15, -0.1) is 0 Å². The number of carbonyl (C=O) groups is 5. The number of amides is 4. The fourth-order valence-electron chi connectivity index (χ4n) is 6.35. The van der Waals surface area contributed by atoms with Crippen molar-refractivity contribution in [3.05, 3.63) is 65.9 Å². The van der Waals surface area contributed by atoms with E-state index < -0.39 is 41.5 Å². The highest BCUT2D eigenvalue weighted by molar-refractivity contribution is 6.38. The Bertz CT molecular complexity index is 1550. The van der Waals surface area contributed by atoms with Crippen LogP contribution in [0.15, 0.2) is 59.0 Å². The first-order valence-electron chi connectivity index (χ1n) is 16.1. The van der Waals surface area contributed by atoms with E-state index in [0.717, 1.165) is 44.1 Å². The maximum absolute atomic E-state index is 13.9. The molecule has 1 aliphatic heterocycles. The van der Waals surface area contributed by atoms with Gasteiger partial charge < -0.3 is 30.4 Å². The fraction of sp³-hybridized carbons (Fsp3) is 0.457. The molecule has 11 nitrogen and oxygen atoms in total. The molecule has 3 atom stereocenters. The third-order valence-corrected chi connectivity index (χ3v) is 8.94. The molecule has 1 saturated carbocycles. The molecule has 1 aliphatic carbocycles. The van der Waals surface area contributed by atoms with Crippen molar-refractivity contribution < 1.29 is 33.1 Å². The van der Waals surface area contributed by atoms with Crippen LogP contribution in [-0.4, -0.2) is 55.2 Å². The normalized spacial score (nSPS) is 18.2. The van der Waals surface area contributed by atoms with E-state index in [2.05, 4.69) is 21.3 Å². The summed E-state index contributed by atoms with van der Waals surface area (Å²) in [6.45, 7) is 0.682. The lowest BCUT2D eigenvalue weighted by atomic mass is 9.84. The van der Waals surface area contributed by atoms with Crippen LogP contribution in [0.25, 0.3) is 11.0 Å². The lowest BCUT2D eigenvalue weighted by Crippen LogP contribution is -2.55. The third-order valence-electron chi connectivity index (χ3n) is 8.94. The standard InChI is InChI=1S/C35H42N4O7/c1-45-26-14-15-29-25(18-26)20-30(46-29)34(43)39-28(17-22-9-4-2-5-10-22)33(42)38-27(19-24-13-8-16-36-32(24)41)31(40)35(44)37-21-23-11-6-3-7-12-23/h3,6-7,11-12,14-15,18,20,22,24,27-28H,2,4-5,8-10,13,16-17,19,21H2,1H3,(H,36,41)(H,37,44)(H,38,42)(H,39,43)/t24-,27-,28-/m0/s1. The molecule has 4 N–H and O–H groups in total. The molecule has 0 bridgehead atoms. The van der Waals surface area contributed by atoms with Gasteiger partial charge in [0.15, 0.2) is 5.76 Å².